The Kier molecular flexibility index (Phi) is 4.51. The summed E-state index contributed by atoms with van der Waals surface area (Å²) in [5.74, 6) is -0.398. The van der Waals surface area contributed by atoms with Crippen LogP contribution in [0.3, 0.4) is 0 Å². The minimum atomic E-state index is -0.908. The average Bonchev–Trinajstić information content (AvgIpc) is 2.82. The number of carbonyl (C=O) groups is 1. The van der Waals surface area contributed by atoms with Crippen LogP contribution in [0.1, 0.15) is 6.92 Å². The van der Waals surface area contributed by atoms with Crippen molar-refractivity contribution in [2.45, 2.75) is 18.6 Å². The van der Waals surface area contributed by atoms with E-state index in [1.807, 2.05) is 6.92 Å². The van der Waals surface area contributed by atoms with Crippen molar-refractivity contribution >= 4 is 29.3 Å². The minimum Gasteiger partial charge on any atom is -0.506 e. The summed E-state index contributed by atoms with van der Waals surface area (Å²) in [5.41, 5.74) is 0.712. The second kappa shape index (κ2) is 6.15. The zero-order chi connectivity index (χ0) is 14.7. The van der Waals surface area contributed by atoms with Crippen molar-refractivity contribution in [1.29, 1.82) is 0 Å². The lowest BCUT2D eigenvalue weighted by atomic mass is 10.2. The van der Waals surface area contributed by atoms with Crippen molar-refractivity contribution in [2.24, 2.45) is 0 Å². The molecule has 0 aliphatic carbocycles. The summed E-state index contributed by atoms with van der Waals surface area (Å²) in [4.78, 5) is 10.6. The summed E-state index contributed by atoms with van der Waals surface area (Å²) >= 11 is 6.99. The van der Waals surface area contributed by atoms with Gasteiger partial charge in [0.15, 0.2) is 11.0 Å². The van der Waals surface area contributed by atoms with E-state index >= 15 is 0 Å². The standard InChI is InChI=1S/C12H12ClN3O3S/c1-2-16-11(7-3-4-9(17)8(13)5-7)14-15-12(16)20-6-10(18)19/h3-5,17H,2,6H2,1H3,(H,18,19). The fraction of sp³-hybridized carbons (Fsp3) is 0.250. The third kappa shape index (κ3) is 3.05. The van der Waals surface area contributed by atoms with E-state index in [4.69, 9.17) is 16.7 Å². The van der Waals surface area contributed by atoms with Crippen LogP contribution in [0.4, 0.5) is 0 Å². The number of thioether (sulfide) groups is 1. The summed E-state index contributed by atoms with van der Waals surface area (Å²) in [6.07, 6.45) is 0. The van der Waals surface area contributed by atoms with Gasteiger partial charge in [-0.1, -0.05) is 23.4 Å². The van der Waals surface area contributed by atoms with Gasteiger partial charge in [-0.2, -0.15) is 0 Å². The Labute approximate surface area is 124 Å². The molecular weight excluding hydrogens is 302 g/mol. The van der Waals surface area contributed by atoms with Crippen molar-refractivity contribution < 1.29 is 15.0 Å². The summed E-state index contributed by atoms with van der Waals surface area (Å²) < 4.78 is 1.80. The second-order valence-corrected chi connectivity index (χ2v) is 5.25. The molecule has 1 aromatic heterocycles. The monoisotopic (exact) mass is 313 g/mol. The normalized spacial score (nSPS) is 10.7. The molecule has 0 radical (unpaired) electrons. The topological polar surface area (TPSA) is 88.2 Å². The Balaban J connectivity index is 2.36. The number of phenols is 1. The fourth-order valence-electron chi connectivity index (χ4n) is 1.67. The number of carboxylic acids is 1. The van der Waals surface area contributed by atoms with Gasteiger partial charge < -0.3 is 14.8 Å². The highest BCUT2D eigenvalue weighted by Gasteiger charge is 2.15. The van der Waals surface area contributed by atoms with E-state index in [0.29, 0.717) is 23.1 Å². The maximum atomic E-state index is 10.6. The molecular formula is C12H12ClN3O3S. The number of benzene rings is 1. The van der Waals surface area contributed by atoms with Crippen molar-refractivity contribution in [2.75, 3.05) is 5.75 Å². The van der Waals surface area contributed by atoms with Crippen LogP contribution in [0.5, 0.6) is 5.75 Å². The predicted molar refractivity (Wildman–Crippen MR) is 76.2 cm³/mol. The van der Waals surface area contributed by atoms with E-state index in [1.54, 1.807) is 16.7 Å². The maximum Gasteiger partial charge on any atom is 0.313 e. The summed E-state index contributed by atoms with van der Waals surface area (Å²) in [5, 5.41) is 27.0. The third-order valence-electron chi connectivity index (χ3n) is 2.56. The number of phenolic OH excluding ortho intramolecular Hbond substituents is 1. The molecule has 2 N–H and O–H groups in total. The Morgan fingerprint density at radius 2 is 2.20 bits per heavy atom. The first-order valence-electron chi connectivity index (χ1n) is 5.79. The molecule has 0 aliphatic heterocycles. The molecule has 0 saturated carbocycles. The molecule has 8 heteroatoms. The molecule has 0 amide bonds. The number of halogens is 1. The van der Waals surface area contributed by atoms with Crippen molar-refractivity contribution in [3.05, 3.63) is 23.2 Å². The quantitative estimate of drug-likeness (QED) is 0.825. The summed E-state index contributed by atoms with van der Waals surface area (Å²) in [7, 11) is 0. The molecule has 1 aromatic carbocycles. The Morgan fingerprint density at radius 1 is 1.45 bits per heavy atom. The average molecular weight is 314 g/mol. The first-order chi connectivity index (χ1) is 9.52. The molecule has 20 heavy (non-hydrogen) atoms. The predicted octanol–water partition coefficient (Wildman–Crippen LogP) is 2.50. The zero-order valence-corrected chi connectivity index (χ0v) is 12.1. The molecule has 2 aromatic rings. The van der Waals surface area contributed by atoms with Crippen molar-refractivity contribution in [3.8, 4) is 17.1 Å². The van der Waals surface area contributed by atoms with Crippen LogP contribution in [-0.4, -0.2) is 36.7 Å². The van der Waals surface area contributed by atoms with E-state index in [1.165, 1.54) is 6.07 Å². The smallest absolute Gasteiger partial charge is 0.313 e. The molecule has 0 aliphatic rings. The SMILES string of the molecule is CCn1c(SCC(=O)O)nnc1-c1ccc(O)c(Cl)c1. The molecule has 0 atom stereocenters. The fourth-order valence-corrected chi connectivity index (χ4v) is 2.57. The minimum absolute atomic E-state index is 0.00143. The maximum absolute atomic E-state index is 10.6. The first kappa shape index (κ1) is 14.7. The number of aromatic nitrogens is 3. The molecule has 0 spiro atoms. The Morgan fingerprint density at radius 3 is 2.80 bits per heavy atom. The van der Waals surface area contributed by atoms with Gasteiger partial charge in [0.1, 0.15) is 5.75 Å². The van der Waals surface area contributed by atoms with E-state index in [0.717, 1.165) is 11.8 Å². The van der Waals surface area contributed by atoms with Crippen LogP contribution in [0, 0.1) is 0 Å². The van der Waals surface area contributed by atoms with Gasteiger partial charge in [-0.15, -0.1) is 10.2 Å². The highest BCUT2D eigenvalue weighted by Crippen LogP contribution is 2.30. The highest BCUT2D eigenvalue weighted by atomic mass is 35.5. The molecule has 0 unspecified atom stereocenters. The van der Waals surface area contributed by atoms with Gasteiger partial charge in [0.05, 0.1) is 10.8 Å². The van der Waals surface area contributed by atoms with Crippen LogP contribution in [0.2, 0.25) is 5.02 Å². The van der Waals surface area contributed by atoms with Gasteiger partial charge in [0.25, 0.3) is 0 Å². The van der Waals surface area contributed by atoms with Crippen LogP contribution < -0.4 is 0 Å². The number of hydrogen-bond acceptors (Lipinski definition) is 5. The van der Waals surface area contributed by atoms with E-state index in [2.05, 4.69) is 10.2 Å². The molecule has 2 rings (SSSR count). The number of carboxylic acid groups (broad SMARTS) is 1. The molecule has 106 valence electrons. The molecule has 0 saturated heterocycles. The number of aliphatic carboxylic acids is 1. The van der Waals surface area contributed by atoms with E-state index in [-0.39, 0.29) is 16.5 Å². The Bertz CT molecular complexity index is 645. The second-order valence-electron chi connectivity index (χ2n) is 3.90. The van der Waals surface area contributed by atoms with Crippen LogP contribution >= 0.6 is 23.4 Å². The van der Waals surface area contributed by atoms with Crippen molar-refractivity contribution in [3.63, 3.8) is 0 Å². The van der Waals surface area contributed by atoms with Gasteiger partial charge >= 0.3 is 5.97 Å². The van der Waals surface area contributed by atoms with Gasteiger partial charge in [-0.3, -0.25) is 4.79 Å². The third-order valence-corrected chi connectivity index (χ3v) is 3.82. The first-order valence-corrected chi connectivity index (χ1v) is 7.16. The van der Waals surface area contributed by atoms with Gasteiger partial charge in [-0.05, 0) is 25.1 Å². The molecule has 1 heterocycles. The molecule has 0 bridgehead atoms. The number of hydrogen-bond donors (Lipinski definition) is 2. The zero-order valence-electron chi connectivity index (χ0n) is 10.6. The number of nitrogens with zero attached hydrogens (tertiary/aromatic N) is 3. The van der Waals surface area contributed by atoms with E-state index in [9.17, 15) is 9.90 Å². The highest BCUT2D eigenvalue weighted by molar-refractivity contribution is 7.99. The molecule has 6 nitrogen and oxygen atoms in total. The lowest BCUT2D eigenvalue weighted by Gasteiger charge is -2.07. The van der Waals surface area contributed by atoms with Gasteiger partial charge in [0.2, 0.25) is 0 Å². The van der Waals surface area contributed by atoms with E-state index < -0.39 is 5.97 Å². The Hall–Kier alpha value is -1.73. The van der Waals surface area contributed by atoms with Crippen molar-refractivity contribution in [1.82, 2.24) is 14.8 Å². The summed E-state index contributed by atoms with van der Waals surface area (Å²) in [6, 6.07) is 4.76. The van der Waals surface area contributed by atoms with Crippen LogP contribution in [0.15, 0.2) is 23.4 Å². The van der Waals surface area contributed by atoms with Gasteiger partial charge in [0, 0.05) is 12.1 Å². The van der Waals surface area contributed by atoms with Crippen LogP contribution in [0.25, 0.3) is 11.4 Å². The number of rotatable bonds is 5. The van der Waals surface area contributed by atoms with Gasteiger partial charge in [-0.25, -0.2) is 0 Å². The summed E-state index contributed by atoms with van der Waals surface area (Å²) in [6.45, 7) is 2.52. The lowest BCUT2D eigenvalue weighted by molar-refractivity contribution is -0.133. The lowest BCUT2D eigenvalue weighted by Crippen LogP contribution is -2.03. The molecule has 0 fully saturated rings. The number of aromatic hydroxyl groups is 1. The van der Waals surface area contributed by atoms with Crippen LogP contribution in [-0.2, 0) is 11.3 Å². The largest absolute Gasteiger partial charge is 0.506 e.